The highest BCUT2D eigenvalue weighted by Crippen LogP contribution is 2.39. The van der Waals surface area contributed by atoms with Crippen LogP contribution < -0.4 is 10.6 Å². The number of unbranched alkanes of at least 4 members (excludes halogenated alkanes) is 3. The third-order valence-electron chi connectivity index (χ3n) is 3.69. The van der Waals surface area contributed by atoms with E-state index in [2.05, 4.69) is 28.0 Å². The van der Waals surface area contributed by atoms with Crippen molar-refractivity contribution in [2.24, 2.45) is 0 Å². The van der Waals surface area contributed by atoms with Crippen molar-refractivity contribution < 1.29 is 4.79 Å². The average molecular weight is 345 g/mol. The van der Waals surface area contributed by atoms with Gasteiger partial charge in [-0.15, -0.1) is 0 Å². The molecule has 0 aromatic carbocycles. The molecule has 5 heteroatoms. The van der Waals surface area contributed by atoms with Crippen molar-refractivity contribution in [1.82, 2.24) is 10.6 Å². The molecular formula is C17H32N2OS2. The van der Waals surface area contributed by atoms with E-state index >= 15 is 0 Å². The summed E-state index contributed by atoms with van der Waals surface area (Å²) >= 11 is 0. The average Bonchev–Trinajstić information content (AvgIpc) is 2.99. The second kappa shape index (κ2) is 13.3. The first-order chi connectivity index (χ1) is 10.7. The highest BCUT2D eigenvalue weighted by Gasteiger charge is 2.15. The maximum absolute atomic E-state index is 11.7. The van der Waals surface area contributed by atoms with E-state index in [1.807, 2.05) is 17.7 Å². The Morgan fingerprint density at radius 1 is 1.18 bits per heavy atom. The monoisotopic (exact) mass is 344 g/mol. The van der Waals surface area contributed by atoms with Crippen LogP contribution in [0.1, 0.15) is 58.3 Å². The van der Waals surface area contributed by atoms with Crippen molar-refractivity contribution in [3.8, 4) is 0 Å². The summed E-state index contributed by atoms with van der Waals surface area (Å²) in [4.78, 5) is 11.7. The summed E-state index contributed by atoms with van der Waals surface area (Å²) in [7, 11) is 4.09. The van der Waals surface area contributed by atoms with Crippen molar-refractivity contribution in [3.05, 3.63) is 12.2 Å². The number of rotatable bonds is 13. The van der Waals surface area contributed by atoms with Crippen molar-refractivity contribution in [2.45, 2.75) is 63.5 Å². The van der Waals surface area contributed by atoms with Crippen LogP contribution in [0.3, 0.4) is 0 Å². The predicted molar refractivity (Wildman–Crippen MR) is 101 cm³/mol. The van der Waals surface area contributed by atoms with Gasteiger partial charge >= 0.3 is 0 Å². The van der Waals surface area contributed by atoms with Gasteiger partial charge in [0.1, 0.15) is 0 Å². The molecule has 0 spiro atoms. The Kier molecular flexibility index (Phi) is 12.1. The molecule has 0 radical (unpaired) electrons. The molecular weight excluding hydrogens is 312 g/mol. The van der Waals surface area contributed by atoms with Crippen LogP contribution >= 0.6 is 21.6 Å². The van der Waals surface area contributed by atoms with Gasteiger partial charge in [-0.05, 0) is 39.2 Å². The molecule has 128 valence electrons. The summed E-state index contributed by atoms with van der Waals surface area (Å²) in [5.74, 6) is 1.54. The summed E-state index contributed by atoms with van der Waals surface area (Å²) in [5, 5.41) is 7.19. The maximum Gasteiger partial charge on any atom is 0.219 e. The predicted octanol–water partition coefficient (Wildman–Crippen LogP) is 4.15. The molecule has 1 aliphatic heterocycles. The number of hydrogen-bond donors (Lipinski definition) is 2. The molecule has 0 aromatic heterocycles. The van der Waals surface area contributed by atoms with Gasteiger partial charge in [-0.2, -0.15) is 0 Å². The molecule has 1 heterocycles. The van der Waals surface area contributed by atoms with Crippen LogP contribution in [0.15, 0.2) is 12.2 Å². The van der Waals surface area contributed by atoms with Crippen molar-refractivity contribution >= 4 is 27.5 Å². The van der Waals surface area contributed by atoms with E-state index in [1.165, 1.54) is 37.9 Å². The number of carbonyl (C=O) groups excluding carboxylic acids is 1. The summed E-state index contributed by atoms with van der Waals surface area (Å²) < 4.78 is 0. The van der Waals surface area contributed by atoms with E-state index in [0.29, 0.717) is 6.42 Å². The largest absolute Gasteiger partial charge is 0.356 e. The van der Waals surface area contributed by atoms with E-state index in [4.69, 9.17) is 0 Å². The van der Waals surface area contributed by atoms with Crippen LogP contribution in [-0.2, 0) is 4.79 Å². The van der Waals surface area contributed by atoms with Gasteiger partial charge in [0.15, 0.2) is 0 Å². The third-order valence-corrected chi connectivity index (χ3v) is 6.69. The van der Waals surface area contributed by atoms with Gasteiger partial charge in [-0.1, -0.05) is 53.0 Å². The Balaban J connectivity index is 1.79. The molecule has 1 rings (SSSR count). The van der Waals surface area contributed by atoms with Gasteiger partial charge < -0.3 is 10.6 Å². The van der Waals surface area contributed by atoms with Crippen molar-refractivity contribution in [1.29, 1.82) is 0 Å². The maximum atomic E-state index is 11.7. The first-order valence-corrected chi connectivity index (χ1v) is 11.0. The topological polar surface area (TPSA) is 41.1 Å². The molecule has 2 N–H and O–H groups in total. The molecule has 0 saturated carbocycles. The molecule has 0 bridgehead atoms. The molecule has 0 aromatic rings. The minimum Gasteiger partial charge on any atom is -0.356 e. The van der Waals surface area contributed by atoms with Gasteiger partial charge in [0.05, 0.1) is 0 Å². The number of amides is 1. The van der Waals surface area contributed by atoms with Gasteiger partial charge in [-0.3, -0.25) is 4.79 Å². The molecule has 1 fully saturated rings. The molecule has 1 atom stereocenters. The highest BCUT2D eigenvalue weighted by molar-refractivity contribution is 8.77. The fraction of sp³-hybridized carbons (Fsp3) is 0.824. The van der Waals surface area contributed by atoms with Gasteiger partial charge in [-0.25, -0.2) is 0 Å². The van der Waals surface area contributed by atoms with Crippen LogP contribution in [0.25, 0.3) is 0 Å². The number of hydrogen-bond acceptors (Lipinski definition) is 4. The third kappa shape index (κ3) is 11.4. The summed E-state index contributed by atoms with van der Waals surface area (Å²) in [5.41, 5.74) is 1.15. The molecule has 0 aliphatic carbocycles. The minimum atomic E-state index is 0.211. The Hall–Kier alpha value is -0.130. The Morgan fingerprint density at radius 2 is 2.00 bits per heavy atom. The molecule has 1 amide bonds. The number of carbonyl (C=O) groups is 1. The lowest BCUT2D eigenvalue weighted by Crippen LogP contribution is -2.27. The Labute approximate surface area is 144 Å². The lowest BCUT2D eigenvalue weighted by molar-refractivity contribution is -0.121. The molecule has 1 unspecified atom stereocenters. The van der Waals surface area contributed by atoms with Crippen LogP contribution in [0.2, 0.25) is 0 Å². The van der Waals surface area contributed by atoms with Gasteiger partial charge in [0, 0.05) is 30.5 Å². The minimum absolute atomic E-state index is 0.211. The second-order valence-corrected chi connectivity index (χ2v) is 8.91. The van der Waals surface area contributed by atoms with Gasteiger partial charge in [0.25, 0.3) is 0 Å². The molecule has 22 heavy (non-hydrogen) atoms. The van der Waals surface area contributed by atoms with Gasteiger partial charge in [0.2, 0.25) is 5.91 Å². The Morgan fingerprint density at radius 3 is 2.73 bits per heavy atom. The summed E-state index contributed by atoms with van der Waals surface area (Å²) in [6.07, 6.45) is 9.25. The quantitative estimate of drug-likeness (QED) is 0.299. The second-order valence-electron chi connectivity index (χ2n) is 6.12. The molecule has 1 aliphatic rings. The van der Waals surface area contributed by atoms with Crippen LogP contribution in [-0.4, -0.2) is 36.5 Å². The van der Waals surface area contributed by atoms with Crippen molar-refractivity contribution in [2.75, 3.05) is 25.4 Å². The van der Waals surface area contributed by atoms with E-state index in [1.54, 1.807) is 0 Å². The lowest BCUT2D eigenvalue weighted by atomic mass is 10.1. The van der Waals surface area contributed by atoms with E-state index in [-0.39, 0.29) is 5.91 Å². The standard InChI is InChI=1S/C17H32N2OS2/c1-15(2)14-18-11-7-12-19-17(20)9-6-4-3-5-8-16-10-13-21-22-16/h16,18H,1,3-14H2,2H3,(H,19,20). The normalized spacial score (nSPS) is 17.6. The lowest BCUT2D eigenvalue weighted by Gasteiger charge is -2.08. The van der Waals surface area contributed by atoms with E-state index in [9.17, 15) is 4.79 Å². The summed E-state index contributed by atoms with van der Waals surface area (Å²) in [6.45, 7) is 8.44. The smallest absolute Gasteiger partial charge is 0.219 e. The fourth-order valence-corrected chi connectivity index (χ4v) is 5.43. The zero-order chi connectivity index (χ0) is 16.0. The molecule has 1 saturated heterocycles. The Bertz CT molecular complexity index is 318. The first kappa shape index (κ1) is 19.9. The SMILES string of the molecule is C=C(C)CNCCCNC(=O)CCCCCCC1CCSS1. The van der Waals surface area contributed by atoms with Crippen LogP contribution in [0.4, 0.5) is 0 Å². The zero-order valence-corrected chi connectivity index (χ0v) is 15.6. The highest BCUT2D eigenvalue weighted by atomic mass is 33.1. The van der Waals surface area contributed by atoms with E-state index < -0.39 is 0 Å². The fourth-order valence-electron chi connectivity index (χ4n) is 2.41. The van der Waals surface area contributed by atoms with E-state index in [0.717, 1.165) is 43.3 Å². The van der Waals surface area contributed by atoms with Crippen molar-refractivity contribution in [3.63, 3.8) is 0 Å². The molecule has 3 nitrogen and oxygen atoms in total. The van der Waals surface area contributed by atoms with Crippen LogP contribution in [0.5, 0.6) is 0 Å². The summed E-state index contributed by atoms with van der Waals surface area (Å²) in [6, 6.07) is 0. The first-order valence-electron chi connectivity index (χ1n) is 8.58. The van der Waals surface area contributed by atoms with Crippen LogP contribution in [0, 0.1) is 0 Å². The number of nitrogens with one attached hydrogen (secondary N) is 2. The zero-order valence-electron chi connectivity index (χ0n) is 14.0.